The first-order chi connectivity index (χ1) is 29.5. The molecule has 4 rings (SSSR count). The molecule has 2 fully saturated rings. The lowest BCUT2D eigenvalue weighted by atomic mass is 9.38. The standard InChI is InChI=1S/C59H97NO3/c1-19-24-38-58(17,56(15,36-22-4)51(44(7)54(12,13)34-20-2)45(8)60(42-61)49-28-26-25-27-43(49)6)52(46-29-31-47(32-30-46)53(9,10)11)57(16,37-23-5)55(14,35-21-3)48-33-39-59(18)50(63-59)41-62-40-48/h25-32,42,44,48,50-52H,8,19-24,33-41H2,1-7,9-18H3/t44?,48?,50?,51?,52?,55?,56?,57-,58?,59?/m0/s1. The number of fused-ring (bicyclic) bond motifs is 1. The summed E-state index contributed by atoms with van der Waals surface area (Å²) in [5, 5.41) is 0. The van der Waals surface area contributed by atoms with Crippen molar-refractivity contribution in [3.05, 3.63) is 77.5 Å². The molecule has 2 aliphatic heterocycles. The summed E-state index contributed by atoms with van der Waals surface area (Å²) in [5.74, 6) is 0.840. The van der Waals surface area contributed by atoms with Gasteiger partial charge >= 0.3 is 0 Å². The van der Waals surface area contributed by atoms with E-state index in [4.69, 9.17) is 16.1 Å². The highest BCUT2D eigenvalue weighted by Crippen LogP contribution is 2.71. The second-order valence-corrected chi connectivity index (χ2v) is 23.8. The van der Waals surface area contributed by atoms with Gasteiger partial charge in [-0.25, -0.2) is 0 Å². The molecule has 2 aromatic carbocycles. The molecule has 2 heterocycles. The Morgan fingerprint density at radius 3 is 1.90 bits per heavy atom. The Morgan fingerprint density at radius 2 is 1.37 bits per heavy atom. The fourth-order valence-electron chi connectivity index (χ4n) is 13.9. The normalized spacial score (nSPS) is 24.8. The third-order valence-electron chi connectivity index (χ3n) is 18.3. The van der Waals surface area contributed by atoms with E-state index in [0.717, 1.165) is 113 Å². The van der Waals surface area contributed by atoms with Crippen LogP contribution in [-0.4, -0.2) is 31.3 Å². The van der Waals surface area contributed by atoms with E-state index in [1.54, 1.807) is 0 Å². The van der Waals surface area contributed by atoms with Crippen molar-refractivity contribution < 1.29 is 14.3 Å². The predicted molar refractivity (Wildman–Crippen MR) is 272 cm³/mol. The van der Waals surface area contributed by atoms with E-state index < -0.39 is 0 Å². The topological polar surface area (TPSA) is 42.1 Å². The van der Waals surface area contributed by atoms with E-state index >= 15 is 0 Å². The lowest BCUT2D eigenvalue weighted by Gasteiger charge is -2.66. The molecule has 4 nitrogen and oxygen atoms in total. The average Bonchev–Trinajstić information content (AvgIpc) is 3.85. The first-order valence-electron chi connectivity index (χ1n) is 25.8. The van der Waals surface area contributed by atoms with Gasteiger partial charge in [-0.3, -0.25) is 9.69 Å². The van der Waals surface area contributed by atoms with Crippen LogP contribution in [-0.2, 0) is 19.7 Å². The maximum Gasteiger partial charge on any atom is 0.218 e. The van der Waals surface area contributed by atoms with E-state index in [1.165, 1.54) is 11.1 Å². The smallest absolute Gasteiger partial charge is 0.218 e. The SMILES string of the molecule is C=C(C(C(C)C(C)(C)CCC)C(C)(CCC)C(C)(CCCC)C(c1ccc(C(C)(C)C)cc1)[C@](C)(CCC)C(C)(CCC)C1CCC2(C)OC2COC1)N(C=O)c1ccccc1C. The number of rotatable bonds is 24. The van der Waals surface area contributed by atoms with Gasteiger partial charge in [0.25, 0.3) is 0 Å². The van der Waals surface area contributed by atoms with Crippen LogP contribution in [0, 0.1) is 51.8 Å². The molecule has 0 bridgehead atoms. The monoisotopic (exact) mass is 868 g/mol. The first kappa shape index (κ1) is 53.2. The fraction of sp³-hybridized carbons (Fsp3) is 0.746. The molecule has 63 heavy (non-hydrogen) atoms. The van der Waals surface area contributed by atoms with Crippen molar-refractivity contribution in [3.63, 3.8) is 0 Å². The molecule has 0 radical (unpaired) electrons. The minimum atomic E-state index is -0.266. The second kappa shape index (κ2) is 21.0. The van der Waals surface area contributed by atoms with E-state index in [9.17, 15) is 4.79 Å². The number of nitrogens with zero attached hydrogens (tertiary/aromatic N) is 1. The summed E-state index contributed by atoms with van der Waals surface area (Å²) in [4.78, 5) is 15.7. The molecule has 2 aromatic rings. The number of unbranched alkanes of at least 4 members (excludes halogenated alkanes) is 1. The molecule has 2 saturated heterocycles. The van der Waals surface area contributed by atoms with Gasteiger partial charge in [0.05, 0.1) is 24.5 Å². The van der Waals surface area contributed by atoms with Gasteiger partial charge in [-0.1, -0.05) is 191 Å². The molecule has 2 aliphatic rings. The second-order valence-electron chi connectivity index (χ2n) is 23.8. The largest absolute Gasteiger partial charge is 0.378 e. The van der Waals surface area contributed by atoms with Crippen molar-refractivity contribution >= 4 is 12.1 Å². The van der Waals surface area contributed by atoms with Crippen molar-refractivity contribution in [2.24, 2.45) is 44.8 Å². The number of aryl methyl sites for hydroxylation is 1. The van der Waals surface area contributed by atoms with Crippen molar-refractivity contribution in [1.29, 1.82) is 0 Å². The Bertz CT molecular complexity index is 1770. The molecule has 9 unspecified atom stereocenters. The molecule has 0 aromatic heterocycles. The summed E-state index contributed by atoms with van der Waals surface area (Å²) in [6.45, 7) is 48.3. The van der Waals surface area contributed by atoms with Crippen LogP contribution in [0.1, 0.15) is 217 Å². The van der Waals surface area contributed by atoms with Gasteiger partial charge in [0.1, 0.15) is 6.10 Å². The maximum absolute atomic E-state index is 13.7. The Morgan fingerprint density at radius 1 is 0.778 bits per heavy atom. The highest BCUT2D eigenvalue weighted by atomic mass is 16.6. The average molecular weight is 868 g/mol. The van der Waals surface area contributed by atoms with Gasteiger partial charge in [0.15, 0.2) is 0 Å². The summed E-state index contributed by atoms with van der Waals surface area (Å²) >= 11 is 0. The third-order valence-corrected chi connectivity index (χ3v) is 18.3. The van der Waals surface area contributed by atoms with Crippen LogP contribution in [0.2, 0.25) is 0 Å². The number of allylic oxidation sites excluding steroid dienone is 1. The minimum absolute atomic E-state index is 0.00561. The summed E-state index contributed by atoms with van der Waals surface area (Å²) in [6, 6.07) is 18.4. The van der Waals surface area contributed by atoms with Gasteiger partial charge in [-0.15, -0.1) is 0 Å². The summed E-state index contributed by atoms with van der Waals surface area (Å²) in [5.41, 5.74) is 5.18. The Labute approximate surface area is 389 Å². The molecule has 10 atom stereocenters. The number of amides is 1. The van der Waals surface area contributed by atoms with Crippen LogP contribution in [0.4, 0.5) is 5.69 Å². The molecule has 356 valence electrons. The van der Waals surface area contributed by atoms with Gasteiger partial charge in [0.2, 0.25) is 6.41 Å². The predicted octanol–water partition coefficient (Wildman–Crippen LogP) is 16.8. The molecule has 0 aliphatic carbocycles. The fourth-order valence-corrected chi connectivity index (χ4v) is 13.9. The maximum atomic E-state index is 13.7. The Kier molecular flexibility index (Phi) is 17.8. The number of carbonyl (C=O) groups is 1. The van der Waals surface area contributed by atoms with Crippen LogP contribution in [0.5, 0.6) is 0 Å². The zero-order valence-corrected chi connectivity index (χ0v) is 44.1. The number of hydrogen-bond acceptors (Lipinski definition) is 3. The van der Waals surface area contributed by atoms with E-state index in [-0.39, 0.29) is 61.9 Å². The summed E-state index contributed by atoms with van der Waals surface area (Å²) in [6.07, 6.45) is 15.7. The number of benzene rings is 2. The van der Waals surface area contributed by atoms with Crippen molar-refractivity contribution in [1.82, 2.24) is 0 Å². The number of hydrogen-bond donors (Lipinski definition) is 0. The number of carbonyl (C=O) groups excluding carboxylic acids is 1. The quantitative estimate of drug-likeness (QED) is 0.0780. The van der Waals surface area contributed by atoms with Crippen molar-refractivity contribution in [2.45, 2.75) is 224 Å². The molecule has 0 N–H and O–H groups in total. The number of para-hydroxylation sites is 1. The molecular formula is C59H97NO3. The Hall–Kier alpha value is -2.43. The molecule has 1 amide bonds. The van der Waals surface area contributed by atoms with Crippen LogP contribution >= 0.6 is 0 Å². The first-order valence-corrected chi connectivity index (χ1v) is 25.8. The van der Waals surface area contributed by atoms with Crippen LogP contribution < -0.4 is 4.90 Å². The van der Waals surface area contributed by atoms with Crippen LogP contribution in [0.3, 0.4) is 0 Å². The van der Waals surface area contributed by atoms with Gasteiger partial charge < -0.3 is 9.47 Å². The third kappa shape index (κ3) is 10.6. The number of anilines is 1. The highest BCUT2D eigenvalue weighted by molar-refractivity contribution is 5.81. The lowest BCUT2D eigenvalue weighted by molar-refractivity contribution is -0.141. The number of epoxide rings is 1. The van der Waals surface area contributed by atoms with Crippen LogP contribution in [0.15, 0.2) is 60.8 Å². The zero-order valence-electron chi connectivity index (χ0n) is 44.1. The molecular weight excluding hydrogens is 771 g/mol. The van der Waals surface area contributed by atoms with E-state index in [1.807, 2.05) is 4.90 Å². The van der Waals surface area contributed by atoms with Gasteiger partial charge in [-0.2, -0.15) is 0 Å². The number of ether oxygens (including phenoxy) is 2. The van der Waals surface area contributed by atoms with Crippen LogP contribution in [0.25, 0.3) is 0 Å². The molecule has 0 saturated carbocycles. The van der Waals surface area contributed by atoms with Crippen molar-refractivity contribution in [3.8, 4) is 0 Å². The van der Waals surface area contributed by atoms with Gasteiger partial charge in [0, 0.05) is 11.6 Å². The van der Waals surface area contributed by atoms with Gasteiger partial charge in [-0.05, 0) is 132 Å². The highest BCUT2D eigenvalue weighted by Gasteiger charge is 2.64. The van der Waals surface area contributed by atoms with E-state index in [0.29, 0.717) is 12.5 Å². The summed E-state index contributed by atoms with van der Waals surface area (Å²) < 4.78 is 13.1. The Balaban J connectivity index is 2.20. The molecule has 4 heteroatoms. The lowest BCUT2D eigenvalue weighted by Crippen LogP contribution is -2.59. The summed E-state index contributed by atoms with van der Waals surface area (Å²) in [7, 11) is 0. The molecule has 0 spiro atoms. The van der Waals surface area contributed by atoms with Crippen molar-refractivity contribution in [2.75, 3.05) is 18.1 Å². The zero-order chi connectivity index (χ0) is 47.2. The minimum Gasteiger partial charge on any atom is -0.378 e. The van der Waals surface area contributed by atoms with E-state index in [2.05, 4.69) is 166 Å².